The van der Waals surface area contributed by atoms with Gasteiger partial charge in [0.05, 0.1) is 13.2 Å². The number of nitrogens with one attached hydrogen (secondary N) is 2. The minimum absolute atomic E-state index is 0.0855. The van der Waals surface area contributed by atoms with Crippen molar-refractivity contribution in [1.82, 2.24) is 10.6 Å². The molecule has 4 N–H and O–H groups in total. The minimum Gasteiger partial charge on any atom is -0.480 e. The Labute approximate surface area is 303 Å². The molecule has 0 aromatic heterocycles. The molecule has 9 heteroatoms. The maximum Gasteiger partial charge on any atom is 0.328 e. The maximum atomic E-state index is 12.7. The lowest BCUT2D eigenvalue weighted by molar-refractivity contribution is -0.150. The molecule has 0 heterocycles. The highest BCUT2D eigenvalue weighted by molar-refractivity contribution is 5.87. The number of esters is 1. The molecule has 0 saturated heterocycles. The smallest absolute Gasteiger partial charge is 0.328 e. The summed E-state index contributed by atoms with van der Waals surface area (Å²) in [4.78, 5) is 47.4. The molecule has 0 aliphatic carbocycles. The van der Waals surface area contributed by atoms with Crippen molar-refractivity contribution >= 4 is 23.8 Å². The topological polar surface area (TPSA) is 142 Å². The Balaban J connectivity index is 4.44. The van der Waals surface area contributed by atoms with E-state index >= 15 is 0 Å². The Morgan fingerprint density at radius 2 is 1.14 bits per heavy atom. The number of amides is 2. The molecule has 2 amide bonds. The van der Waals surface area contributed by atoms with Gasteiger partial charge in [0.2, 0.25) is 11.8 Å². The van der Waals surface area contributed by atoms with Crippen LogP contribution in [0.15, 0.2) is 48.6 Å². The van der Waals surface area contributed by atoms with Crippen LogP contribution in [-0.2, 0) is 23.9 Å². The van der Waals surface area contributed by atoms with E-state index in [1.54, 1.807) is 0 Å². The molecule has 0 bridgehead atoms. The lowest BCUT2D eigenvalue weighted by atomic mass is 10.0. The van der Waals surface area contributed by atoms with Gasteiger partial charge in [-0.1, -0.05) is 133 Å². The molecule has 0 aliphatic rings. The third-order valence-corrected chi connectivity index (χ3v) is 8.35. The Kier molecular flexibility index (Phi) is 33.3. The van der Waals surface area contributed by atoms with Crippen LogP contribution in [0, 0.1) is 0 Å². The van der Waals surface area contributed by atoms with Gasteiger partial charge in [0.15, 0.2) is 0 Å². The molecule has 0 aromatic rings. The number of allylic oxidation sites excluding steroid dienone is 8. The van der Waals surface area contributed by atoms with Gasteiger partial charge in [-0.05, 0) is 64.2 Å². The van der Waals surface area contributed by atoms with Crippen molar-refractivity contribution in [3.05, 3.63) is 48.6 Å². The lowest BCUT2D eigenvalue weighted by Crippen LogP contribution is -2.47. The molecule has 0 spiro atoms. The van der Waals surface area contributed by atoms with Gasteiger partial charge in [0.25, 0.3) is 0 Å². The number of carboxylic acids is 1. The number of hydrogen-bond acceptors (Lipinski definition) is 6. The van der Waals surface area contributed by atoms with Crippen molar-refractivity contribution in [2.45, 2.75) is 174 Å². The van der Waals surface area contributed by atoms with Crippen LogP contribution >= 0.6 is 0 Å². The molecule has 2 unspecified atom stereocenters. The van der Waals surface area contributed by atoms with Crippen LogP contribution in [0.25, 0.3) is 0 Å². The largest absolute Gasteiger partial charge is 0.480 e. The fourth-order valence-electron chi connectivity index (χ4n) is 5.35. The number of aliphatic hydroxyl groups excluding tert-OH is 1. The zero-order chi connectivity index (χ0) is 36.9. The van der Waals surface area contributed by atoms with Crippen molar-refractivity contribution in [1.29, 1.82) is 0 Å². The molecule has 0 aliphatic heterocycles. The van der Waals surface area contributed by atoms with Crippen molar-refractivity contribution in [3.8, 4) is 0 Å². The summed E-state index contributed by atoms with van der Waals surface area (Å²) >= 11 is 0. The molecular weight excluding hydrogens is 632 g/mol. The molecule has 0 rings (SSSR count). The molecule has 0 aromatic carbocycles. The molecule has 0 fully saturated rings. The van der Waals surface area contributed by atoms with Gasteiger partial charge >= 0.3 is 11.9 Å². The van der Waals surface area contributed by atoms with E-state index in [2.05, 4.69) is 73.1 Å². The molecule has 2 atom stereocenters. The Morgan fingerprint density at radius 3 is 1.70 bits per heavy atom. The second-order valence-electron chi connectivity index (χ2n) is 13.0. The molecule has 286 valence electrons. The number of carbonyl (C=O) groups is 4. The third kappa shape index (κ3) is 32.0. The lowest BCUT2D eigenvalue weighted by Gasteiger charge is -2.17. The van der Waals surface area contributed by atoms with Gasteiger partial charge in [0.1, 0.15) is 12.1 Å². The van der Waals surface area contributed by atoms with Crippen molar-refractivity contribution in [3.63, 3.8) is 0 Å². The fourth-order valence-corrected chi connectivity index (χ4v) is 5.35. The number of hydrogen-bond donors (Lipinski definition) is 4. The highest BCUT2D eigenvalue weighted by atomic mass is 16.5. The monoisotopic (exact) mass is 703 g/mol. The fraction of sp³-hybridized carbons (Fsp3) is 0.707. The second kappa shape index (κ2) is 35.6. The van der Waals surface area contributed by atoms with E-state index in [1.807, 2.05) is 0 Å². The number of ether oxygens (including phenoxy) is 1. The van der Waals surface area contributed by atoms with Crippen molar-refractivity contribution in [2.24, 2.45) is 0 Å². The zero-order valence-electron chi connectivity index (χ0n) is 31.4. The highest BCUT2D eigenvalue weighted by Crippen LogP contribution is 2.17. The van der Waals surface area contributed by atoms with Crippen LogP contribution in [0.1, 0.15) is 162 Å². The summed E-state index contributed by atoms with van der Waals surface area (Å²) in [6.07, 6.45) is 40.0. The normalized spacial score (nSPS) is 13.0. The van der Waals surface area contributed by atoms with Gasteiger partial charge in [-0.2, -0.15) is 0 Å². The summed E-state index contributed by atoms with van der Waals surface area (Å²) in [5, 5.41) is 22.5. The molecule has 9 nitrogen and oxygen atoms in total. The van der Waals surface area contributed by atoms with Gasteiger partial charge in [-0.15, -0.1) is 0 Å². The van der Waals surface area contributed by atoms with E-state index in [9.17, 15) is 19.2 Å². The van der Waals surface area contributed by atoms with E-state index in [0.717, 1.165) is 83.5 Å². The van der Waals surface area contributed by atoms with Crippen LogP contribution in [-0.4, -0.2) is 59.3 Å². The Hall–Kier alpha value is -3.20. The molecular formula is C41H70N2O7. The average molecular weight is 703 g/mol. The van der Waals surface area contributed by atoms with Crippen LogP contribution in [0.5, 0.6) is 0 Å². The van der Waals surface area contributed by atoms with Gasteiger partial charge in [-0.3, -0.25) is 14.4 Å². The van der Waals surface area contributed by atoms with Gasteiger partial charge in [0, 0.05) is 12.8 Å². The average Bonchev–Trinajstić information content (AvgIpc) is 3.10. The SMILES string of the molecule is CC/C=C\C/C=C\C/C=C\C/C=C\CCC(CCCCCCCC(=O)NCC(=O)NC(CO)C(=O)O)OC(=O)CCCCCCCCCCC. The zero-order valence-corrected chi connectivity index (χ0v) is 31.4. The minimum atomic E-state index is -1.39. The first-order valence-corrected chi connectivity index (χ1v) is 19.5. The summed E-state index contributed by atoms with van der Waals surface area (Å²) in [5.41, 5.74) is 0. The first kappa shape index (κ1) is 46.8. The molecule has 0 radical (unpaired) electrons. The standard InChI is InChI=1S/C41H70N2O7/c1-3-5-7-9-11-13-14-15-16-18-19-22-26-30-36(50-40(47)33-29-25-20-17-12-10-8-6-4-2)31-27-23-21-24-28-32-38(45)42-34-39(46)43-37(35-44)41(48)49/h5,7,11,13,15-16,19,22,36-37,44H,3-4,6,8-10,12,14,17-18,20-21,23-35H2,1-2H3,(H,42,45)(H,43,46)(H,48,49)/b7-5-,13-11-,16-15-,22-19-. The quantitative estimate of drug-likeness (QED) is 0.0298. The predicted octanol–water partition coefficient (Wildman–Crippen LogP) is 8.81. The summed E-state index contributed by atoms with van der Waals surface area (Å²) in [6.45, 7) is 3.32. The molecule has 0 saturated carbocycles. The Morgan fingerprint density at radius 1 is 0.620 bits per heavy atom. The van der Waals surface area contributed by atoms with Crippen molar-refractivity contribution in [2.75, 3.05) is 13.2 Å². The summed E-state index contributed by atoms with van der Waals surface area (Å²) in [5.74, 6) is -2.36. The number of carbonyl (C=O) groups excluding carboxylic acids is 3. The molecule has 50 heavy (non-hydrogen) atoms. The van der Waals surface area contributed by atoms with E-state index < -0.39 is 24.5 Å². The van der Waals surface area contributed by atoms with Crippen LogP contribution < -0.4 is 10.6 Å². The summed E-state index contributed by atoms with van der Waals surface area (Å²) in [6, 6.07) is -1.39. The summed E-state index contributed by atoms with van der Waals surface area (Å²) < 4.78 is 5.95. The Bertz CT molecular complexity index is 989. The number of aliphatic carboxylic acids is 1. The first-order valence-electron chi connectivity index (χ1n) is 19.5. The van der Waals surface area contributed by atoms with Crippen molar-refractivity contribution < 1.29 is 34.1 Å². The third-order valence-electron chi connectivity index (χ3n) is 8.35. The van der Waals surface area contributed by atoms with E-state index in [1.165, 1.54) is 44.9 Å². The first-order chi connectivity index (χ1) is 24.3. The van der Waals surface area contributed by atoms with E-state index in [-0.39, 0.29) is 30.9 Å². The predicted molar refractivity (Wildman–Crippen MR) is 204 cm³/mol. The highest BCUT2D eigenvalue weighted by Gasteiger charge is 2.19. The van der Waals surface area contributed by atoms with Gasteiger partial charge < -0.3 is 25.6 Å². The summed E-state index contributed by atoms with van der Waals surface area (Å²) in [7, 11) is 0. The van der Waals surface area contributed by atoms with E-state index in [4.69, 9.17) is 14.9 Å². The van der Waals surface area contributed by atoms with Crippen LogP contribution in [0.3, 0.4) is 0 Å². The number of unbranched alkanes of at least 4 members (excludes halogenated alkanes) is 12. The number of rotatable bonds is 34. The van der Waals surface area contributed by atoms with E-state index in [0.29, 0.717) is 12.8 Å². The number of aliphatic hydroxyl groups is 1. The number of carboxylic acid groups (broad SMARTS) is 1. The van der Waals surface area contributed by atoms with Crippen LogP contribution in [0.2, 0.25) is 0 Å². The van der Waals surface area contributed by atoms with Crippen LogP contribution in [0.4, 0.5) is 0 Å². The maximum absolute atomic E-state index is 12.7. The van der Waals surface area contributed by atoms with Gasteiger partial charge in [-0.25, -0.2) is 4.79 Å². The second-order valence-corrected chi connectivity index (χ2v) is 13.0.